The predicted molar refractivity (Wildman–Crippen MR) is 110 cm³/mol. The molecule has 3 heterocycles. The summed E-state index contributed by atoms with van der Waals surface area (Å²) in [6, 6.07) is 7.95. The molecule has 0 aliphatic carbocycles. The summed E-state index contributed by atoms with van der Waals surface area (Å²) >= 11 is 1.76. The van der Waals surface area contributed by atoms with E-state index < -0.39 is 17.4 Å². The Morgan fingerprint density at radius 2 is 1.90 bits per heavy atom. The van der Waals surface area contributed by atoms with Crippen molar-refractivity contribution >= 4 is 29.5 Å². The summed E-state index contributed by atoms with van der Waals surface area (Å²) in [6.45, 7) is 4.94. The lowest BCUT2D eigenvalue weighted by atomic mass is 9.75. The van der Waals surface area contributed by atoms with E-state index in [9.17, 15) is 14.4 Å². The van der Waals surface area contributed by atoms with Crippen LogP contribution in [0.25, 0.3) is 0 Å². The van der Waals surface area contributed by atoms with Gasteiger partial charge in [0.05, 0.1) is 18.9 Å². The summed E-state index contributed by atoms with van der Waals surface area (Å²) in [5.74, 6) is -0.977. The third kappa shape index (κ3) is 2.85. The van der Waals surface area contributed by atoms with Crippen LogP contribution in [0, 0.1) is 11.8 Å². The number of hydrogen-bond donors (Lipinski definition) is 0. The molecule has 0 saturated carbocycles. The molecule has 0 spiro atoms. The van der Waals surface area contributed by atoms with Gasteiger partial charge in [-0.2, -0.15) is 0 Å². The van der Waals surface area contributed by atoms with Gasteiger partial charge in [-0.3, -0.25) is 24.2 Å². The first kappa shape index (κ1) is 20.4. The maximum atomic E-state index is 13.3. The first-order valence-electron chi connectivity index (χ1n) is 10.4. The van der Waals surface area contributed by atoms with Gasteiger partial charge in [0.15, 0.2) is 0 Å². The standard InChI is InChI=1S/C22H28N2O4S/c1-4-23-19(25)16-17(20(23)26)22(21(27)28-3)12-6-7-13-24(22)18(16)14-8-10-15(11-9-14)29-5-2/h8-11,16-18H,4-7,12-13H2,1-3H3/t16?,17?,18?,22-/m0/s1. The SMILES string of the molecule is CCSc1ccc(C2C3C(=O)N(CC)C(=O)C3[C@]3(C(=O)OC)CCCCN23)cc1. The highest BCUT2D eigenvalue weighted by atomic mass is 32.2. The highest BCUT2D eigenvalue weighted by Crippen LogP contribution is 2.58. The molecule has 3 saturated heterocycles. The molecule has 1 aromatic carbocycles. The zero-order chi connectivity index (χ0) is 20.8. The minimum Gasteiger partial charge on any atom is -0.468 e. The largest absolute Gasteiger partial charge is 0.468 e. The van der Waals surface area contributed by atoms with Crippen molar-refractivity contribution in [3.05, 3.63) is 29.8 Å². The quantitative estimate of drug-likeness (QED) is 0.418. The van der Waals surface area contributed by atoms with Gasteiger partial charge in [-0.25, -0.2) is 0 Å². The van der Waals surface area contributed by atoms with E-state index in [-0.39, 0.29) is 23.8 Å². The number of hydrogen-bond acceptors (Lipinski definition) is 6. The molecular formula is C22H28N2O4S. The van der Waals surface area contributed by atoms with Crippen LogP contribution in [0.5, 0.6) is 0 Å². The average molecular weight is 417 g/mol. The highest BCUT2D eigenvalue weighted by Gasteiger charge is 2.72. The summed E-state index contributed by atoms with van der Waals surface area (Å²) < 4.78 is 5.22. The van der Waals surface area contributed by atoms with Crippen LogP contribution in [0.3, 0.4) is 0 Å². The van der Waals surface area contributed by atoms with Crippen LogP contribution in [0.4, 0.5) is 0 Å². The number of carbonyl (C=O) groups excluding carboxylic acids is 3. The average Bonchev–Trinajstić information content (AvgIpc) is 3.19. The molecular weight excluding hydrogens is 388 g/mol. The van der Waals surface area contributed by atoms with E-state index in [2.05, 4.69) is 24.0 Å². The molecule has 3 fully saturated rings. The van der Waals surface area contributed by atoms with Crippen molar-refractivity contribution in [3.8, 4) is 0 Å². The Morgan fingerprint density at radius 3 is 2.52 bits per heavy atom. The number of ether oxygens (including phenoxy) is 1. The number of thioether (sulfide) groups is 1. The van der Waals surface area contributed by atoms with E-state index in [0.29, 0.717) is 19.5 Å². The minimum absolute atomic E-state index is 0.155. The highest BCUT2D eigenvalue weighted by molar-refractivity contribution is 7.99. The second-order valence-electron chi connectivity index (χ2n) is 7.94. The number of nitrogens with zero attached hydrogens (tertiary/aromatic N) is 2. The lowest BCUT2D eigenvalue weighted by Gasteiger charge is -2.44. The zero-order valence-electron chi connectivity index (χ0n) is 17.2. The molecule has 0 N–H and O–H groups in total. The second-order valence-corrected chi connectivity index (χ2v) is 9.27. The third-order valence-electron chi connectivity index (χ3n) is 6.74. The topological polar surface area (TPSA) is 66.9 Å². The van der Waals surface area contributed by atoms with Crippen molar-refractivity contribution in [2.45, 2.75) is 49.6 Å². The lowest BCUT2D eigenvalue weighted by molar-refractivity contribution is -0.164. The number of imide groups is 1. The number of esters is 1. The van der Waals surface area contributed by atoms with Crippen LogP contribution < -0.4 is 0 Å². The molecule has 0 bridgehead atoms. The number of likely N-dealkylation sites (tertiary alicyclic amines) is 1. The fourth-order valence-corrected chi connectivity index (χ4v) is 6.32. The maximum absolute atomic E-state index is 13.3. The number of benzene rings is 1. The number of rotatable bonds is 5. The number of piperidine rings is 1. The van der Waals surface area contributed by atoms with E-state index >= 15 is 0 Å². The molecule has 2 amide bonds. The van der Waals surface area contributed by atoms with Crippen molar-refractivity contribution in [1.29, 1.82) is 0 Å². The number of fused-ring (bicyclic) bond motifs is 3. The van der Waals surface area contributed by atoms with Gasteiger partial charge in [-0.15, -0.1) is 11.8 Å². The van der Waals surface area contributed by atoms with Crippen LogP contribution in [-0.2, 0) is 19.1 Å². The molecule has 7 heteroatoms. The Balaban J connectivity index is 1.85. The second kappa shape index (κ2) is 7.76. The van der Waals surface area contributed by atoms with Crippen LogP contribution >= 0.6 is 11.8 Å². The van der Waals surface area contributed by atoms with E-state index in [0.717, 1.165) is 24.2 Å². The van der Waals surface area contributed by atoms with Crippen molar-refractivity contribution in [2.24, 2.45) is 11.8 Å². The third-order valence-corrected chi connectivity index (χ3v) is 7.63. The number of methoxy groups -OCH3 is 1. The van der Waals surface area contributed by atoms with Gasteiger partial charge in [0, 0.05) is 17.5 Å². The molecule has 3 aliphatic heterocycles. The summed E-state index contributed by atoms with van der Waals surface area (Å²) in [6.07, 6.45) is 2.34. The maximum Gasteiger partial charge on any atom is 0.327 e. The molecule has 4 rings (SSSR count). The van der Waals surface area contributed by atoms with Crippen LogP contribution in [0.2, 0.25) is 0 Å². The summed E-state index contributed by atoms with van der Waals surface area (Å²) in [5, 5.41) is 0. The summed E-state index contributed by atoms with van der Waals surface area (Å²) in [5.41, 5.74) is -0.0530. The van der Waals surface area contributed by atoms with Gasteiger partial charge in [0.2, 0.25) is 11.8 Å². The Labute approximate surface area is 175 Å². The Bertz CT molecular complexity index is 827. The Morgan fingerprint density at radius 1 is 1.17 bits per heavy atom. The van der Waals surface area contributed by atoms with Crippen LogP contribution in [0.1, 0.15) is 44.7 Å². The number of amides is 2. The van der Waals surface area contributed by atoms with Gasteiger partial charge in [0.25, 0.3) is 0 Å². The lowest BCUT2D eigenvalue weighted by Crippen LogP contribution is -2.59. The first-order valence-corrected chi connectivity index (χ1v) is 11.4. The van der Waals surface area contributed by atoms with Crippen LogP contribution in [-0.4, -0.2) is 59.1 Å². The van der Waals surface area contributed by atoms with E-state index in [4.69, 9.17) is 4.74 Å². The molecule has 0 aromatic heterocycles. The summed E-state index contributed by atoms with van der Waals surface area (Å²) in [4.78, 5) is 44.3. The molecule has 6 nitrogen and oxygen atoms in total. The Kier molecular flexibility index (Phi) is 5.46. The molecule has 29 heavy (non-hydrogen) atoms. The molecule has 0 radical (unpaired) electrons. The molecule has 3 aliphatic rings. The van der Waals surface area contributed by atoms with E-state index in [1.165, 1.54) is 16.9 Å². The van der Waals surface area contributed by atoms with Crippen molar-refractivity contribution in [2.75, 3.05) is 26.0 Å². The molecule has 1 aromatic rings. The van der Waals surface area contributed by atoms with Crippen molar-refractivity contribution in [1.82, 2.24) is 9.80 Å². The van der Waals surface area contributed by atoms with Gasteiger partial charge in [-0.05, 0) is 56.2 Å². The minimum atomic E-state index is -1.05. The fourth-order valence-electron chi connectivity index (χ4n) is 5.66. The summed E-state index contributed by atoms with van der Waals surface area (Å²) in [7, 11) is 1.38. The van der Waals surface area contributed by atoms with Gasteiger partial charge >= 0.3 is 5.97 Å². The smallest absolute Gasteiger partial charge is 0.327 e. The normalized spacial score (nSPS) is 31.7. The van der Waals surface area contributed by atoms with Gasteiger partial charge < -0.3 is 4.74 Å². The number of carbonyl (C=O) groups is 3. The predicted octanol–water partition coefficient (Wildman–Crippen LogP) is 2.87. The molecule has 156 valence electrons. The molecule has 4 atom stereocenters. The van der Waals surface area contributed by atoms with E-state index in [1.54, 1.807) is 11.8 Å². The van der Waals surface area contributed by atoms with Gasteiger partial charge in [-0.1, -0.05) is 19.1 Å². The fraction of sp³-hybridized carbons (Fsp3) is 0.591. The zero-order valence-corrected chi connectivity index (χ0v) is 18.0. The monoisotopic (exact) mass is 416 g/mol. The Hall–Kier alpha value is -1.86. The van der Waals surface area contributed by atoms with Gasteiger partial charge in [0.1, 0.15) is 5.54 Å². The van der Waals surface area contributed by atoms with Crippen LogP contribution in [0.15, 0.2) is 29.2 Å². The van der Waals surface area contributed by atoms with Crippen molar-refractivity contribution < 1.29 is 19.1 Å². The van der Waals surface area contributed by atoms with Crippen molar-refractivity contribution in [3.63, 3.8) is 0 Å². The van der Waals surface area contributed by atoms with E-state index in [1.807, 2.05) is 19.1 Å². The molecule has 3 unspecified atom stereocenters. The first-order chi connectivity index (χ1) is 14.0.